The number of piperidine rings is 1. The van der Waals surface area contributed by atoms with Gasteiger partial charge in [-0.25, -0.2) is 4.39 Å². The van der Waals surface area contributed by atoms with Crippen LogP contribution in [0.25, 0.3) is 0 Å². The van der Waals surface area contributed by atoms with Crippen molar-refractivity contribution >= 4 is 5.91 Å². The first-order valence-corrected chi connectivity index (χ1v) is 6.82. The number of ether oxygens (including phenoxy) is 1. The molecule has 0 spiro atoms. The van der Waals surface area contributed by atoms with Gasteiger partial charge < -0.3 is 9.64 Å². The molecule has 19 heavy (non-hydrogen) atoms. The van der Waals surface area contributed by atoms with Gasteiger partial charge >= 0.3 is 0 Å². The van der Waals surface area contributed by atoms with E-state index in [1.54, 1.807) is 18.2 Å². The lowest BCUT2D eigenvalue weighted by atomic mass is 10.0. The minimum atomic E-state index is -0.387. The van der Waals surface area contributed by atoms with Crippen LogP contribution in [0.4, 0.5) is 4.39 Å². The van der Waals surface area contributed by atoms with E-state index in [0.717, 1.165) is 19.5 Å². The van der Waals surface area contributed by atoms with E-state index in [-0.39, 0.29) is 24.1 Å². The molecule has 0 saturated carbocycles. The lowest BCUT2D eigenvalue weighted by Gasteiger charge is -2.31. The van der Waals surface area contributed by atoms with Crippen LogP contribution < -0.4 is 4.74 Å². The topological polar surface area (TPSA) is 29.5 Å². The Labute approximate surface area is 113 Å². The zero-order valence-corrected chi connectivity index (χ0v) is 11.3. The molecule has 1 amide bonds. The second kappa shape index (κ2) is 6.55. The number of carbonyl (C=O) groups is 1. The molecule has 1 aromatic carbocycles. The average molecular weight is 265 g/mol. The van der Waals surface area contributed by atoms with Crippen LogP contribution in [0.5, 0.6) is 5.75 Å². The molecular formula is C15H20FNO2. The van der Waals surface area contributed by atoms with Crippen molar-refractivity contribution in [2.45, 2.75) is 26.2 Å². The Kier molecular flexibility index (Phi) is 4.77. The van der Waals surface area contributed by atoms with Gasteiger partial charge in [0.25, 0.3) is 0 Å². The van der Waals surface area contributed by atoms with Crippen molar-refractivity contribution in [2.24, 2.45) is 5.92 Å². The summed E-state index contributed by atoms with van der Waals surface area (Å²) < 4.78 is 18.6. The van der Waals surface area contributed by atoms with E-state index in [1.807, 2.05) is 4.90 Å². The second-order valence-electron chi connectivity index (χ2n) is 5.12. The fourth-order valence-corrected chi connectivity index (χ4v) is 2.38. The van der Waals surface area contributed by atoms with Gasteiger partial charge in [0.15, 0.2) is 11.6 Å². The predicted molar refractivity (Wildman–Crippen MR) is 71.5 cm³/mol. The normalized spacial score (nSPS) is 19.3. The van der Waals surface area contributed by atoms with Gasteiger partial charge in [0, 0.05) is 13.1 Å². The highest BCUT2D eigenvalue weighted by atomic mass is 19.1. The number of para-hydroxylation sites is 1. The molecule has 1 saturated heterocycles. The minimum Gasteiger partial charge on any atom is -0.490 e. The molecule has 104 valence electrons. The first-order valence-electron chi connectivity index (χ1n) is 6.82. The summed E-state index contributed by atoms with van der Waals surface area (Å²) >= 11 is 0. The fraction of sp³-hybridized carbons (Fsp3) is 0.533. The summed E-state index contributed by atoms with van der Waals surface area (Å²) in [6.07, 6.45) is 2.57. The molecule has 1 aliphatic rings. The first-order chi connectivity index (χ1) is 9.16. The predicted octanol–water partition coefficient (Wildman–Crippen LogP) is 2.85. The van der Waals surface area contributed by atoms with Crippen molar-refractivity contribution in [1.82, 2.24) is 4.90 Å². The largest absolute Gasteiger partial charge is 0.490 e. The highest BCUT2D eigenvalue weighted by molar-refractivity contribution is 5.76. The third-order valence-electron chi connectivity index (χ3n) is 3.42. The van der Waals surface area contributed by atoms with Gasteiger partial charge in [0.05, 0.1) is 13.0 Å². The van der Waals surface area contributed by atoms with Gasteiger partial charge in [-0.05, 0) is 30.9 Å². The van der Waals surface area contributed by atoms with Crippen LogP contribution in [0, 0.1) is 11.7 Å². The van der Waals surface area contributed by atoms with Crippen molar-refractivity contribution in [1.29, 1.82) is 0 Å². The SMILES string of the molecule is CC1CCCN(C(=O)CCOc2ccccc2F)C1. The number of benzene rings is 1. The van der Waals surface area contributed by atoms with E-state index in [4.69, 9.17) is 4.74 Å². The molecular weight excluding hydrogens is 245 g/mol. The zero-order chi connectivity index (χ0) is 13.7. The van der Waals surface area contributed by atoms with Crippen molar-refractivity contribution in [3.8, 4) is 5.75 Å². The maximum Gasteiger partial charge on any atom is 0.226 e. The van der Waals surface area contributed by atoms with E-state index in [2.05, 4.69) is 6.92 Å². The first kappa shape index (κ1) is 13.8. The van der Waals surface area contributed by atoms with Gasteiger partial charge in [0.2, 0.25) is 5.91 Å². The second-order valence-corrected chi connectivity index (χ2v) is 5.12. The van der Waals surface area contributed by atoms with Gasteiger partial charge in [-0.1, -0.05) is 19.1 Å². The number of likely N-dealkylation sites (tertiary alicyclic amines) is 1. The number of halogens is 1. The Morgan fingerprint density at radius 1 is 1.47 bits per heavy atom. The van der Waals surface area contributed by atoms with E-state index in [1.165, 1.54) is 12.5 Å². The fourth-order valence-electron chi connectivity index (χ4n) is 2.38. The van der Waals surface area contributed by atoms with Crippen LogP contribution in [0.3, 0.4) is 0 Å². The number of hydrogen-bond acceptors (Lipinski definition) is 2. The Bertz CT molecular complexity index is 436. The molecule has 1 aliphatic heterocycles. The molecule has 1 unspecified atom stereocenters. The molecule has 0 aliphatic carbocycles. The van der Waals surface area contributed by atoms with E-state index < -0.39 is 0 Å². The highest BCUT2D eigenvalue weighted by Gasteiger charge is 2.20. The number of hydrogen-bond donors (Lipinski definition) is 0. The van der Waals surface area contributed by atoms with Gasteiger partial charge in [0.1, 0.15) is 0 Å². The van der Waals surface area contributed by atoms with Crippen molar-refractivity contribution in [3.63, 3.8) is 0 Å². The molecule has 4 heteroatoms. The van der Waals surface area contributed by atoms with Crippen LogP contribution in [0.1, 0.15) is 26.2 Å². The van der Waals surface area contributed by atoms with Crippen LogP contribution in [0.2, 0.25) is 0 Å². The van der Waals surface area contributed by atoms with Gasteiger partial charge in [-0.15, -0.1) is 0 Å². The average Bonchev–Trinajstić information content (AvgIpc) is 2.41. The summed E-state index contributed by atoms with van der Waals surface area (Å²) in [6, 6.07) is 6.25. The number of nitrogens with zero attached hydrogens (tertiary/aromatic N) is 1. The highest BCUT2D eigenvalue weighted by Crippen LogP contribution is 2.17. The van der Waals surface area contributed by atoms with Gasteiger partial charge in [-0.3, -0.25) is 4.79 Å². The Morgan fingerprint density at radius 2 is 2.26 bits per heavy atom. The summed E-state index contributed by atoms with van der Waals surface area (Å²) in [5, 5.41) is 0. The molecule has 0 N–H and O–H groups in total. The third-order valence-corrected chi connectivity index (χ3v) is 3.42. The molecule has 0 bridgehead atoms. The quantitative estimate of drug-likeness (QED) is 0.837. The molecule has 3 nitrogen and oxygen atoms in total. The molecule has 1 aromatic rings. The summed E-state index contributed by atoms with van der Waals surface area (Å²) in [6.45, 7) is 4.06. The lowest BCUT2D eigenvalue weighted by Crippen LogP contribution is -2.39. The van der Waals surface area contributed by atoms with Crippen molar-refractivity contribution in [2.75, 3.05) is 19.7 Å². The summed E-state index contributed by atoms with van der Waals surface area (Å²) in [5.74, 6) is 0.497. The minimum absolute atomic E-state index is 0.0999. The number of carbonyl (C=O) groups excluding carboxylic acids is 1. The van der Waals surface area contributed by atoms with E-state index in [0.29, 0.717) is 12.3 Å². The number of amides is 1. The Balaban J connectivity index is 1.76. The zero-order valence-electron chi connectivity index (χ0n) is 11.3. The van der Waals surface area contributed by atoms with E-state index in [9.17, 15) is 9.18 Å². The molecule has 1 atom stereocenters. The van der Waals surface area contributed by atoms with E-state index >= 15 is 0 Å². The summed E-state index contributed by atoms with van der Waals surface area (Å²) in [4.78, 5) is 13.9. The smallest absolute Gasteiger partial charge is 0.226 e. The van der Waals surface area contributed by atoms with Crippen LogP contribution in [-0.2, 0) is 4.79 Å². The number of rotatable bonds is 4. The molecule has 2 rings (SSSR count). The maximum absolute atomic E-state index is 13.3. The van der Waals surface area contributed by atoms with Crippen LogP contribution >= 0.6 is 0 Å². The Morgan fingerprint density at radius 3 is 3.00 bits per heavy atom. The summed E-state index contributed by atoms with van der Waals surface area (Å²) in [5.41, 5.74) is 0. The van der Waals surface area contributed by atoms with Crippen molar-refractivity contribution in [3.05, 3.63) is 30.1 Å². The summed E-state index contributed by atoms with van der Waals surface area (Å²) in [7, 11) is 0. The molecule has 1 heterocycles. The van der Waals surface area contributed by atoms with Crippen LogP contribution in [0.15, 0.2) is 24.3 Å². The van der Waals surface area contributed by atoms with Crippen molar-refractivity contribution < 1.29 is 13.9 Å². The molecule has 1 fully saturated rings. The standard InChI is InChI=1S/C15H20FNO2/c1-12-5-4-9-17(11-12)15(18)8-10-19-14-7-3-2-6-13(14)16/h2-3,6-7,12H,4-5,8-11H2,1H3. The lowest BCUT2D eigenvalue weighted by molar-refractivity contribution is -0.133. The van der Waals surface area contributed by atoms with Gasteiger partial charge in [-0.2, -0.15) is 0 Å². The third kappa shape index (κ3) is 3.94. The monoisotopic (exact) mass is 265 g/mol. The molecule has 0 aromatic heterocycles. The maximum atomic E-state index is 13.3. The Hall–Kier alpha value is -1.58. The van der Waals surface area contributed by atoms with Crippen LogP contribution in [-0.4, -0.2) is 30.5 Å². The molecule has 0 radical (unpaired) electrons.